The molecule has 68 valence electrons. The highest BCUT2D eigenvalue weighted by molar-refractivity contribution is 5.41. The molecular weight excluding hydrogens is 164 g/mol. The lowest BCUT2D eigenvalue weighted by atomic mass is 10.1. The van der Waals surface area contributed by atoms with E-state index >= 15 is 0 Å². The molecular formula is C11H12O2. The summed E-state index contributed by atoms with van der Waals surface area (Å²) in [6.45, 7) is -0.00865. The minimum absolute atomic E-state index is 0.123. The van der Waals surface area contributed by atoms with Crippen LogP contribution in [0, 0.1) is 11.8 Å². The molecule has 0 radical (unpaired) electrons. The van der Waals surface area contributed by atoms with Crippen LogP contribution in [0.5, 0.6) is 0 Å². The number of hydrogen-bond donors (Lipinski definition) is 2. The first-order chi connectivity index (χ1) is 6.38. The summed E-state index contributed by atoms with van der Waals surface area (Å²) in [5.41, 5.74) is 1.90. The van der Waals surface area contributed by atoms with Crippen LogP contribution in [0.2, 0.25) is 0 Å². The van der Waals surface area contributed by atoms with Gasteiger partial charge in [-0.1, -0.05) is 30.0 Å². The predicted molar refractivity (Wildman–Crippen MR) is 51.2 cm³/mol. The van der Waals surface area contributed by atoms with Gasteiger partial charge in [-0.05, 0) is 18.1 Å². The Balaban J connectivity index is 2.90. The summed E-state index contributed by atoms with van der Waals surface area (Å²) >= 11 is 0. The number of aliphatic hydroxyl groups is 2. The lowest BCUT2D eigenvalue weighted by molar-refractivity contribution is 0.299. The number of benzene rings is 1. The van der Waals surface area contributed by atoms with E-state index in [1.165, 1.54) is 0 Å². The minimum atomic E-state index is -0.131. The summed E-state index contributed by atoms with van der Waals surface area (Å²) in [4.78, 5) is 0. The summed E-state index contributed by atoms with van der Waals surface area (Å²) < 4.78 is 0. The number of aliphatic hydroxyl groups excluding tert-OH is 2. The molecule has 13 heavy (non-hydrogen) atoms. The van der Waals surface area contributed by atoms with Gasteiger partial charge in [-0.25, -0.2) is 0 Å². The van der Waals surface area contributed by atoms with Crippen molar-refractivity contribution in [3.8, 4) is 11.8 Å². The quantitative estimate of drug-likeness (QED) is 0.646. The molecule has 0 fully saturated rings. The molecule has 2 N–H and O–H groups in total. The number of rotatable bonds is 2. The molecule has 0 bridgehead atoms. The lowest BCUT2D eigenvalue weighted by Crippen LogP contribution is -1.94. The van der Waals surface area contributed by atoms with E-state index in [4.69, 9.17) is 10.2 Å². The summed E-state index contributed by atoms with van der Waals surface area (Å²) in [6, 6.07) is 7.61. The average Bonchev–Trinajstić information content (AvgIpc) is 2.17. The highest BCUT2D eigenvalue weighted by atomic mass is 16.3. The highest BCUT2D eigenvalue weighted by Gasteiger charge is 1.96. The Morgan fingerprint density at radius 1 is 1.15 bits per heavy atom. The van der Waals surface area contributed by atoms with E-state index in [2.05, 4.69) is 11.8 Å². The third-order valence-electron chi connectivity index (χ3n) is 1.70. The lowest BCUT2D eigenvalue weighted by Gasteiger charge is -2.00. The maximum Gasteiger partial charge on any atom is 0.104 e. The smallest absolute Gasteiger partial charge is 0.104 e. The second-order valence-corrected chi connectivity index (χ2v) is 2.59. The van der Waals surface area contributed by atoms with Crippen LogP contribution in [0.3, 0.4) is 0 Å². The maximum absolute atomic E-state index is 8.77. The van der Waals surface area contributed by atoms with Gasteiger partial charge in [-0.2, -0.15) is 0 Å². The van der Waals surface area contributed by atoms with Crippen molar-refractivity contribution in [3.05, 3.63) is 35.4 Å². The van der Waals surface area contributed by atoms with Crippen molar-refractivity contribution >= 4 is 0 Å². The van der Waals surface area contributed by atoms with Gasteiger partial charge in [-0.15, -0.1) is 0 Å². The zero-order chi connectivity index (χ0) is 9.52. The first-order valence-corrected chi connectivity index (χ1v) is 4.17. The van der Waals surface area contributed by atoms with Gasteiger partial charge in [0.2, 0.25) is 0 Å². The van der Waals surface area contributed by atoms with Gasteiger partial charge in [0, 0.05) is 12.2 Å². The Hall–Kier alpha value is -1.30. The molecule has 0 saturated carbocycles. The van der Waals surface area contributed by atoms with Crippen LogP contribution >= 0.6 is 0 Å². The van der Waals surface area contributed by atoms with Gasteiger partial charge in [0.25, 0.3) is 0 Å². The average molecular weight is 176 g/mol. The highest BCUT2D eigenvalue weighted by Crippen LogP contribution is 2.07. The topological polar surface area (TPSA) is 40.5 Å². The zero-order valence-electron chi connectivity index (χ0n) is 7.33. The van der Waals surface area contributed by atoms with Crippen LogP contribution in [-0.2, 0) is 6.42 Å². The Bertz CT molecular complexity index is 320. The van der Waals surface area contributed by atoms with Crippen molar-refractivity contribution in [1.82, 2.24) is 0 Å². The summed E-state index contributed by atoms with van der Waals surface area (Å²) in [7, 11) is 0. The predicted octanol–water partition coefficient (Wildman–Crippen LogP) is 0.565. The Kier molecular flexibility index (Phi) is 4.04. The summed E-state index contributed by atoms with van der Waals surface area (Å²) in [5, 5.41) is 17.3. The van der Waals surface area contributed by atoms with Crippen LogP contribution < -0.4 is 0 Å². The van der Waals surface area contributed by atoms with E-state index in [0.29, 0.717) is 6.42 Å². The van der Waals surface area contributed by atoms with Gasteiger partial charge in [0.15, 0.2) is 0 Å². The maximum atomic E-state index is 8.77. The standard InChI is InChI=1S/C11H12O2/c12-8-3-6-10-4-1-2-5-11(10)7-9-13/h1-2,4-5,12-13H,7-9H2. The molecule has 0 spiro atoms. The van der Waals surface area contributed by atoms with E-state index in [1.807, 2.05) is 24.3 Å². The van der Waals surface area contributed by atoms with Gasteiger partial charge in [-0.3, -0.25) is 0 Å². The molecule has 2 nitrogen and oxygen atoms in total. The first-order valence-electron chi connectivity index (χ1n) is 4.17. The van der Waals surface area contributed by atoms with Crippen LogP contribution in [0.1, 0.15) is 11.1 Å². The molecule has 0 aromatic heterocycles. The third-order valence-corrected chi connectivity index (χ3v) is 1.70. The van der Waals surface area contributed by atoms with Gasteiger partial charge in [0.05, 0.1) is 0 Å². The summed E-state index contributed by atoms with van der Waals surface area (Å²) in [6.07, 6.45) is 0.607. The second kappa shape index (κ2) is 5.36. The molecule has 0 unspecified atom stereocenters. The molecule has 1 rings (SSSR count). The van der Waals surface area contributed by atoms with E-state index in [-0.39, 0.29) is 13.2 Å². The van der Waals surface area contributed by atoms with E-state index in [0.717, 1.165) is 11.1 Å². The first kappa shape index (κ1) is 9.79. The molecule has 0 aliphatic rings. The van der Waals surface area contributed by atoms with Crippen molar-refractivity contribution in [1.29, 1.82) is 0 Å². The minimum Gasteiger partial charge on any atom is -0.396 e. The fourth-order valence-electron chi connectivity index (χ4n) is 1.12. The van der Waals surface area contributed by atoms with E-state index in [1.54, 1.807) is 0 Å². The van der Waals surface area contributed by atoms with Gasteiger partial charge >= 0.3 is 0 Å². The van der Waals surface area contributed by atoms with Gasteiger partial charge in [0.1, 0.15) is 6.61 Å². The second-order valence-electron chi connectivity index (χ2n) is 2.59. The largest absolute Gasteiger partial charge is 0.396 e. The number of hydrogen-bond acceptors (Lipinski definition) is 2. The molecule has 0 saturated heterocycles. The third kappa shape index (κ3) is 2.90. The normalized spacial score (nSPS) is 9.08. The SMILES string of the molecule is OCC#Cc1ccccc1CCO. The molecule has 1 aromatic rings. The molecule has 0 heterocycles. The van der Waals surface area contributed by atoms with E-state index in [9.17, 15) is 0 Å². The molecule has 0 aliphatic heterocycles. The molecule has 0 atom stereocenters. The van der Waals surface area contributed by atoms with Crippen molar-refractivity contribution < 1.29 is 10.2 Å². The van der Waals surface area contributed by atoms with Gasteiger partial charge < -0.3 is 10.2 Å². The molecule has 0 amide bonds. The van der Waals surface area contributed by atoms with E-state index < -0.39 is 0 Å². The molecule has 2 heteroatoms. The van der Waals surface area contributed by atoms with Crippen molar-refractivity contribution in [2.75, 3.05) is 13.2 Å². The van der Waals surface area contributed by atoms with Crippen LogP contribution in [0.25, 0.3) is 0 Å². The Morgan fingerprint density at radius 2 is 1.92 bits per heavy atom. The van der Waals surface area contributed by atoms with Crippen LogP contribution in [-0.4, -0.2) is 23.4 Å². The summed E-state index contributed by atoms with van der Waals surface area (Å²) in [5.74, 6) is 5.42. The molecule has 1 aromatic carbocycles. The zero-order valence-corrected chi connectivity index (χ0v) is 7.33. The van der Waals surface area contributed by atoms with Crippen LogP contribution in [0.15, 0.2) is 24.3 Å². The van der Waals surface area contributed by atoms with Crippen molar-refractivity contribution in [2.45, 2.75) is 6.42 Å². The van der Waals surface area contributed by atoms with Crippen LogP contribution in [0.4, 0.5) is 0 Å². The molecule has 0 aliphatic carbocycles. The van der Waals surface area contributed by atoms with Crippen molar-refractivity contribution in [3.63, 3.8) is 0 Å². The fourth-order valence-corrected chi connectivity index (χ4v) is 1.12. The monoisotopic (exact) mass is 176 g/mol. The fraction of sp³-hybridized carbons (Fsp3) is 0.273. The Labute approximate surface area is 77.8 Å². The van der Waals surface area contributed by atoms with Crippen molar-refractivity contribution in [2.24, 2.45) is 0 Å². The Morgan fingerprint density at radius 3 is 2.62 bits per heavy atom.